The first-order valence-corrected chi connectivity index (χ1v) is 8.24. The van der Waals surface area contributed by atoms with Gasteiger partial charge in [-0.1, -0.05) is 30.7 Å². The summed E-state index contributed by atoms with van der Waals surface area (Å²) in [6, 6.07) is 10.0. The molecule has 1 heterocycles. The molecule has 2 unspecified atom stereocenters. The summed E-state index contributed by atoms with van der Waals surface area (Å²) >= 11 is 6.02. The molecule has 1 saturated heterocycles. The van der Waals surface area contributed by atoms with E-state index in [1.54, 1.807) is 0 Å². The van der Waals surface area contributed by atoms with Crippen LogP contribution >= 0.6 is 11.6 Å². The highest BCUT2D eigenvalue weighted by molar-refractivity contribution is 6.30. The molecule has 0 saturated carbocycles. The maximum Gasteiger partial charge on any atom is 0.0406 e. The summed E-state index contributed by atoms with van der Waals surface area (Å²) in [7, 11) is 0. The Balaban J connectivity index is 2.13. The SMILES string of the molecule is CCC(c1ccc(Cl)cc1)N(CC1CCCN1)C(C)C. The number of hydrogen-bond acceptors (Lipinski definition) is 2. The third-order valence-corrected chi connectivity index (χ3v) is 4.55. The number of nitrogens with zero attached hydrogens (tertiary/aromatic N) is 1. The van der Waals surface area contributed by atoms with Crippen LogP contribution in [0.4, 0.5) is 0 Å². The van der Waals surface area contributed by atoms with Crippen LogP contribution in [-0.2, 0) is 0 Å². The quantitative estimate of drug-likeness (QED) is 0.843. The normalized spacial score (nSPS) is 20.8. The molecule has 0 bridgehead atoms. The summed E-state index contributed by atoms with van der Waals surface area (Å²) < 4.78 is 0. The van der Waals surface area contributed by atoms with Gasteiger partial charge in [0.1, 0.15) is 0 Å². The molecule has 0 radical (unpaired) electrons. The van der Waals surface area contributed by atoms with Gasteiger partial charge in [-0.15, -0.1) is 0 Å². The van der Waals surface area contributed by atoms with Gasteiger partial charge in [-0.05, 0) is 57.4 Å². The van der Waals surface area contributed by atoms with Gasteiger partial charge in [-0.25, -0.2) is 0 Å². The second-order valence-electron chi connectivity index (χ2n) is 6.06. The molecular weight excluding hydrogens is 268 g/mol. The minimum Gasteiger partial charge on any atom is -0.313 e. The Bertz CT molecular complexity index is 396. The zero-order valence-electron chi connectivity index (χ0n) is 12.9. The van der Waals surface area contributed by atoms with Gasteiger partial charge in [0.2, 0.25) is 0 Å². The number of rotatable bonds is 6. The molecule has 0 amide bonds. The minimum atomic E-state index is 0.481. The van der Waals surface area contributed by atoms with Crippen molar-refractivity contribution in [3.8, 4) is 0 Å². The molecule has 3 heteroatoms. The second-order valence-corrected chi connectivity index (χ2v) is 6.50. The van der Waals surface area contributed by atoms with Gasteiger partial charge in [0.25, 0.3) is 0 Å². The van der Waals surface area contributed by atoms with Gasteiger partial charge in [0.15, 0.2) is 0 Å². The minimum absolute atomic E-state index is 0.481. The van der Waals surface area contributed by atoms with E-state index in [2.05, 4.69) is 43.1 Å². The molecule has 1 N–H and O–H groups in total. The molecule has 20 heavy (non-hydrogen) atoms. The molecule has 1 aromatic rings. The van der Waals surface area contributed by atoms with Crippen molar-refractivity contribution >= 4 is 11.6 Å². The van der Waals surface area contributed by atoms with Crippen molar-refractivity contribution < 1.29 is 0 Å². The largest absolute Gasteiger partial charge is 0.313 e. The van der Waals surface area contributed by atoms with Crippen LogP contribution in [0.15, 0.2) is 24.3 Å². The fourth-order valence-electron chi connectivity index (χ4n) is 3.21. The van der Waals surface area contributed by atoms with Gasteiger partial charge >= 0.3 is 0 Å². The predicted octanol–water partition coefficient (Wildman–Crippen LogP) is 4.25. The van der Waals surface area contributed by atoms with Crippen molar-refractivity contribution in [3.63, 3.8) is 0 Å². The van der Waals surface area contributed by atoms with E-state index in [-0.39, 0.29) is 0 Å². The molecular formula is C17H27ClN2. The highest BCUT2D eigenvalue weighted by Crippen LogP contribution is 2.28. The Morgan fingerprint density at radius 3 is 2.50 bits per heavy atom. The van der Waals surface area contributed by atoms with Gasteiger partial charge in [-0.2, -0.15) is 0 Å². The maximum atomic E-state index is 6.02. The van der Waals surface area contributed by atoms with Crippen LogP contribution in [-0.4, -0.2) is 30.1 Å². The molecule has 0 aromatic heterocycles. The molecule has 112 valence electrons. The summed E-state index contributed by atoms with van der Waals surface area (Å²) in [5.41, 5.74) is 1.38. The third-order valence-electron chi connectivity index (χ3n) is 4.30. The first-order valence-electron chi connectivity index (χ1n) is 7.86. The second kappa shape index (κ2) is 7.44. The van der Waals surface area contributed by atoms with E-state index < -0.39 is 0 Å². The van der Waals surface area contributed by atoms with Crippen molar-refractivity contribution in [2.24, 2.45) is 0 Å². The van der Waals surface area contributed by atoms with Crippen molar-refractivity contribution in [3.05, 3.63) is 34.9 Å². The van der Waals surface area contributed by atoms with Crippen molar-refractivity contribution in [1.29, 1.82) is 0 Å². The number of halogens is 1. The first-order chi connectivity index (χ1) is 9.61. The summed E-state index contributed by atoms with van der Waals surface area (Å²) in [6.45, 7) is 9.19. The van der Waals surface area contributed by atoms with E-state index in [4.69, 9.17) is 11.6 Å². The van der Waals surface area contributed by atoms with Crippen LogP contribution in [0.3, 0.4) is 0 Å². The Labute approximate surface area is 128 Å². The average Bonchev–Trinajstić information content (AvgIpc) is 2.93. The lowest BCUT2D eigenvalue weighted by Gasteiger charge is -2.36. The number of nitrogens with one attached hydrogen (secondary N) is 1. The summed E-state index contributed by atoms with van der Waals surface area (Å²) in [5, 5.41) is 4.44. The van der Waals surface area contributed by atoms with Crippen molar-refractivity contribution in [2.75, 3.05) is 13.1 Å². The molecule has 2 nitrogen and oxygen atoms in total. The molecule has 1 fully saturated rings. The number of benzene rings is 1. The Kier molecular flexibility index (Phi) is 5.88. The summed E-state index contributed by atoms with van der Waals surface area (Å²) in [6.07, 6.45) is 3.75. The van der Waals surface area contributed by atoms with Crippen LogP contribution in [0.2, 0.25) is 5.02 Å². The zero-order valence-corrected chi connectivity index (χ0v) is 13.7. The monoisotopic (exact) mass is 294 g/mol. The van der Waals surface area contributed by atoms with Crippen LogP contribution < -0.4 is 5.32 Å². The third kappa shape index (κ3) is 3.97. The van der Waals surface area contributed by atoms with E-state index in [1.165, 1.54) is 24.9 Å². The lowest BCUT2D eigenvalue weighted by Crippen LogP contribution is -2.43. The van der Waals surface area contributed by atoms with Gasteiger partial charge in [0, 0.05) is 29.7 Å². The zero-order chi connectivity index (χ0) is 14.5. The predicted molar refractivity (Wildman–Crippen MR) is 87.4 cm³/mol. The molecule has 0 aliphatic carbocycles. The molecule has 2 atom stereocenters. The summed E-state index contributed by atoms with van der Waals surface area (Å²) in [4.78, 5) is 2.63. The fraction of sp³-hybridized carbons (Fsp3) is 0.647. The Hall–Kier alpha value is -0.570. The molecule has 1 aromatic carbocycles. The topological polar surface area (TPSA) is 15.3 Å². The van der Waals surface area contributed by atoms with Crippen LogP contribution in [0.25, 0.3) is 0 Å². The van der Waals surface area contributed by atoms with E-state index in [1.807, 2.05) is 12.1 Å². The first kappa shape index (κ1) is 15.8. The average molecular weight is 295 g/mol. The highest BCUT2D eigenvalue weighted by Gasteiger charge is 2.25. The van der Waals surface area contributed by atoms with Crippen LogP contribution in [0.1, 0.15) is 51.6 Å². The van der Waals surface area contributed by atoms with E-state index in [0.717, 1.165) is 18.0 Å². The standard InChI is InChI=1S/C17H27ClN2/c1-4-17(14-7-9-15(18)10-8-14)20(13(2)3)12-16-6-5-11-19-16/h7-10,13,16-17,19H,4-6,11-12H2,1-3H3. The van der Waals surface area contributed by atoms with Gasteiger partial charge < -0.3 is 5.32 Å². The lowest BCUT2D eigenvalue weighted by atomic mass is 10.00. The number of hydrogen-bond donors (Lipinski definition) is 1. The Morgan fingerprint density at radius 1 is 1.30 bits per heavy atom. The van der Waals surface area contributed by atoms with Crippen LogP contribution in [0, 0.1) is 0 Å². The van der Waals surface area contributed by atoms with Crippen molar-refractivity contribution in [2.45, 2.75) is 58.2 Å². The molecule has 1 aliphatic heterocycles. The summed E-state index contributed by atoms with van der Waals surface area (Å²) in [5.74, 6) is 0. The highest BCUT2D eigenvalue weighted by atomic mass is 35.5. The molecule has 0 spiro atoms. The van der Waals surface area contributed by atoms with E-state index in [9.17, 15) is 0 Å². The van der Waals surface area contributed by atoms with Gasteiger partial charge in [-0.3, -0.25) is 4.90 Å². The molecule has 1 aliphatic rings. The maximum absolute atomic E-state index is 6.02. The lowest BCUT2D eigenvalue weighted by molar-refractivity contribution is 0.135. The van der Waals surface area contributed by atoms with Gasteiger partial charge in [0.05, 0.1) is 0 Å². The Morgan fingerprint density at radius 2 is 2.00 bits per heavy atom. The smallest absolute Gasteiger partial charge is 0.0406 e. The van der Waals surface area contributed by atoms with E-state index >= 15 is 0 Å². The molecule has 2 rings (SSSR count). The van der Waals surface area contributed by atoms with Crippen molar-refractivity contribution in [1.82, 2.24) is 10.2 Å². The van der Waals surface area contributed by atoms with Crippen LogP contribution in [0.5, 0.6) is 0 Å². The van der Waals surface area contributed by atoms with E-state index in [0.29, 0.717) is 18.1 Å². The fourth-order valence-corrected chi connectivity index (χ4v) is 3.34.